The molecule has 1 aromatic rings. The third-order valence-corrected chi connectivity index (χ3v) is 4.11. The first-order chi connectivity index (χ1) is 11.5. The maximum absolute atomic E-state index is 14.6. The second kappa shape index (κ2) is 6.70. The number of hydrogen-bond donors (Lipinski definition) is 3. The van der Waals surface area contributed by atoms with Gasteiger partial charge in [0.2, 0.25) is 0 Å². The van der Waals surface area contributed by atoms with E-state index in [2.05, 4.69) is 18.5 Å². The lowest BCUT2D eigenvalue weighted by atomic mass is 9.85. The normalized spacial score (nSPS) is 20.5. The van der Waals surface area contributed by atoms with Gasteiger partial charge in [0.05, 0.1) is 5.92 Å². The largest absolute Gasteiger partial charge is 0.511 e. The highest BCUT2D eigenvalue weighted by Crippen LogP contribution is 2.39. The van der Waals surface area contributed by atoms with E-state index in [9.17, 15) is 18.3 Å². The third kappa shape index (κ3) is 3.90. The fraction of sp³-hybridized carbons (Fsp3) is 0.263. The van der Waals surface area contributed by atoms with E-state index < -0.39 is 23.6 Å². The Morgan fingerprint density at radius 3 is 2.48 bits per heavy atom. The van der Waals surface area contributed by atoms with Gasteiger partial charge in [0.1, 0.15) is 11.9 Å². The molecule has 0 bridgehead atoms. The Morgan fingerprint density at radius 1 is 1.28 bits per heavy atom. The summed E-state index contributed by atoms with van der Waals surface area (Å²) in [5, 5.41) is 12.8. The summed E-state index contributed by atoms with van der Waals surface area (Å²) < 4.78 is 41.7. The van der Waals surface area contributed by atoms with Crippen LogP contribution in [0.15, 0.2) is 60.5 Å². The van der Waals surface area contributed by atoms with Crippen molar-refractivity contribution in [3.05, 3.63) is 71.7 Å². The maximum atomic E-state index is 14.6. The average molecular weight is 350 g/mol. The molecule has 0 radical (unpaired) electrons. The van der Waals surface area contributed by atoms with Gasteiger partial charge in [-0.1, -0.05) is 25.3 Å². The molecule has 3 nitrogen and oxygen atoms in total. The van der Waals surface area contributed by atoms with Crippen molar-refractivity contribution in [2.24, 2.45) is 11.7 Å². The zero-order valence-electron chi connectivity index (χ0n) is 14.1. The number of rotatable bonds is 5. The van der Waals surface area contributed by atoms with E-state index in [1.807, 2.05) is 6.92 Å². The Hall–Kier alpha value is -2.63. The van der Waals surface area contributed by atoms with E-state index >= 15 is 0 Å². The SMILES string of the molecule is C=C(N)c1cc(NC(=C)C2C(O)=CC=C(C(C)(F)F)C2F)ccc1C. The van der Waals surface area contributed by atoms with Gasteiger partial charge >= 0.3 is 0 Å². The Kier molecular flexibility index (Phi) is 5.02. The van der Waals surface area contributed by atoms with Gasteiger partial charge in [-0.25, -0.2) is 13.2 Å². The summed E-state index contributed by atoms with van der Waals surface area (Å²) in [5.41, 5.74) is 7.61. The van der Waals surface area contributed by atoms with Crippen LogP contribution in [-0.4, -0.2) is 17.2 Å². The van der Waals surface area contributed by atoms with Crippen molar-refractivity contribution < 1.29 is 18.3 Å². The second-order valence-corrected chi connectivity index (χ2v) is 6.19. The average Bonchev–Trinajstić information content (AvgIpc) is 2.47. The molecule has 0 spiro atoms. The van der Waals surface area contributed by atoms with Crippen LogP contribution in [0.3, 0.4) is 0 Å². The van der Waals surface area contributed by atoms with Crippen LogP contribution < -0.4 is 11.1 Å². The van der Waals surface area contributed by atoms with Gasteiger partial charge in [-0.3, -0.25) is 0 Å². The quantitative estimate of drug-likeness (QED) is 0.712. The number of nitrogens with two attached hydrogens (primary N) is 1. The molecule has 1 aliphatic carbocycles. The van der Waals surface area contributed by atoms with Crippen LogP contribution in [0.4, 0.5) is 18.9 Å². The summed E-state index contributed by atoms with van der Waals surface area (Å²) in [7, 11) is 0. The zero-order chi connectivity index (χ0) is 18.9. The van der Waals surface area contributed by atoms with E-state index in [0.717, 1.165) is 17.7 Å². The van der Waals surface area contributed by atoms with E-state index in [1.54, 1.807) is 18.2 Å². The number of alkyl halides is 3. The highest BCUT2D eigenvalue weighted by Gasteiger charge is 2.42. The zero-order valence-corrected chi connectivity index (χ0v) is 14.1. The number of aryl methyl sites for hydroxylation is 1. The maximum Gasteiger partial charge on any atom is 0.269 e. The van der Waals surface area contributed by atoms with E-state index in [0.29, 0.717) is 23.9 Å². The van der Waals surface area contributed by atoms with Crippen molar-refractivity contribution in [2.45, 2.75) is 25.9 Å². The van der Waals surface area contributed by atoms with Crippen LogP contribution in [0, 0.1) is 12.8 Å². The van der Waals surface area contributed by atoms with E-state index in [-0.39, 0.29) is 11.5 Å². The number of halogens is 3. The van der Waals surface area contributed by atoms with Crippen molar-refractivity contribution in [3.63, 3.8) is 0 Å². The number of aliphatic hydroxyl groups excluding tert-OH is 1. The summed E-state index contributed by atoms with van der Waals surface area (Å²) in [6.07, 6.45) is -0.103. The fourth-order valence-corrected chi connectivity index (χ4v) is 2.75. The third-order valence-electron chi connectivity index (χ3n) is 4.11. The number of anilines is 1. The molecule has 0 fully saturated rings. The van der Waals surface area contributed by atoms with E-state index in [4.69, 9.17) is 5.73 Å². The lowest BCUT2D eigenvalue weighted by molar-refractivity contribution is 0.0402. The standard InChI is InChI=1S/C19H21F3N2O/c1-10-5-6-13(9-14(10)11(2)23)24-12(3)17-16(25)8-7-15(18(17)20)19(4,21)22/h5-9,17-18,24-25H,2-3,23H2,1,4H3. The van der Waals surface area contributed by atoms with Gasteiger partial charge in [0, 0.05) is 35.1 Å². The molecule has 0 aliphatic heterocycles. The Labute approximate surface area is 145 Å². The van der Waals surface area contributed by atoms with Crippen molar-refractivity contribution in [3.8, 4) is 0 Å². The highest BCUT2D eigenvalue weighted by molar-refractivity contribution is 5.68. The molecule has 134 valence electrons. The number of benzene rings is 1. The predicted molar refractivity (Wildman–Crippen MR) is 95.0 cm³/mol. The van der Waals surface area contributed by atoms with Crippen LogP contribution in [0.5, 0.6) is 0 Å². The summed E-state index contributed by atoms with van der Waals surface area (Å²) in [4.78, 5) is 0. The van der Waals surface area contributed by atoms with Crippen molar-refractivity contribution in [1.82, 2.24) is 0 Å². The molecule has 0 heterocycles. The first-order valence-corrected chi connectivity index (χ1v) is 7.66. The molecule has 25 heavy (non-hydrogen) atoms. The van der Waals surface area contributed by atoms with Crippen LogP contribution in [0.2, 0.25) is 0 Å². The van der Waals surface area contributed by atoms with Gasteiger partial charge in [-0.05, 0) is 30.7 Å². The monoisotopic (exact) mass is 350 g/mol. The minimum absolute atomic E-state index is 0.0635. The van der Waals surface area contributed by atoms with Crippen LogP contribution >= 0.6 is 0 Å². The van der Waals surface area contributed by atoms with E-state index in [1.165, 1.54) is 0 Å². The van der Waals surface area contributed by atoms with Crippen LogP contribution in [0.25, 0.3) is 5.70 Å². The molecule has 0 saturated heterocycles. The highest BCUT2D eigenvalue weighted by atomic mass is 19.3. The lowest BCUT2D eigenvalue weighted by Crippen LogP contribution is -2.34. The van der Waals surface area contributed by atoms with Gasteiger partial charge in [0.25, 0.3) is 5.92 Å². The van der Waals surface area contributed by atoms with Gasteiger partial charge in [-0.15, -0.1) is 0 Å². The molecule has 0 aromatic heterocycles. The summed E-state index contributed by atoms with van der Waals surface area (Å²) in [6, 6.07) is 5.21. The van der Waals surface area contributed by atoms with Crippen molar-refractivity contribution in [1.29, 1.82) is 0 Å². The number of nitrogens with one attached hydrogen (secondary N) is 1. The minimum atomic E-state index is -3.33. The van der Waals surface area contributed by atoms with Gasteiger partial charge in [-0.2, -0.15) is 0 Å². The number of hydrogen-bond acceptors (Lipinski definition) is 3. The molecule has 2 atom stereocenters. The molecule has 2 rings (SSSR count). The molecule has 4 N–H and O–H groups in total. The first kappa shape index (κ1) is 18.7. The summed E-state index contributed by atoms with van der Waals surface area (Å²) >= 11 is 0. The molecule has 1 aromatic carbocycles. The fourth-order valence-electron chi connectivity index (χ4n) is 2.75. The van der Waals surface area contributed by atoms with Crippen molar-refractivity contribution >= 4 is 11.4 Å². The lowest BCUT2D eigenvalue weighted by Gasteiger charge is -2.30. The molecular weight excluding hydrogens is 329 g/mol. The summed E-state index contributed by atoms with van der Waals surface area (Å²) in [5.74, 6) is -5.01. The smallest absolute Gasteiger partial charge is 0.269 e. The molecule has 2 unspecified atom stereocenters. The molecule has 0 amide bonds. The molecule has 1 aliphatic rings. The Bertz CT molecular complexity index is 775. The number of allylic oxidation sites excluding steroid dienone is 3. The molecule has 6 heteroatoms. The Morgan fingerprint density at radius 2 is 1.92 bits per heavy atom. The predicted octanol–water partition coefficient (Wildman–Crippen LogP) is 4.84. The second-order valence-electron chi connectivity index (χ2n) is 6.19. The first-order valence-electron chi connectivity index (χ1n) is 7.66. The van der Waals surface area contributed by atoms with Crippen molar-refractivity contribution in [2.75, 3.05) is 5.32 Å². The van der Waals surface area contributed by atoms with Gasteiger partial charge in [0.15, 0.2) is 0 Å². The number of aliphatic hydroxyl groups is 1. The minimum Gasteiger partial charge on any atom is -0.511 e. The topological polar surface area (TPSA) is 58.3 Å². The molecular formula is C19H21F3N2O. The summed E-state index contributed by atoms with van der Waals surface area (Å²) in [6.45, 7) is 9.88. The van der Waals surface area contributed by atoms with Gasteiger partial charge < -0.3 is 16.2 Å². The Balaban J connectivity index is 2.27. The van der Waals surface area contributed by atoms with Crippen LogP contribution in [-0.2, 0) is 0 Å². The van der Waals surface area contributed by atoms with Crippen LogP contribution in [0.1, 0.15) is 18.1 Å². The molecule has 0 saturated carbocycles.